The number of rotatable bonds is 6. The van der Waals surface area contributed by atoms with E-state index in [9.17, 15) is 9.50 Å². The van der Waals surface area contributed by atoms with Gasteiger partial charge in [-0.2, -0.15) is 0 Å². The average molecular weight is 502 g/mol. The molecular weight excluding hydrogens is 476 g/mol. The maximum Gasteiger partial charge on any atom is 0.145 e. The fourth-order valence-electron chi connectivity index (χ4n) is 6.11. The first kappa shape index (κ1) is 22.5. The minimum Gasteiger partial charge on any atom is -0.384 e. The Morgan fingerprint density at radius 2 is 1.68 bits per heavy atom. The molecule has 0 amide bonds. The summed E-state index contributed by atoms with van der Waals surface area (Å²) in [6.45, 7) is 0.342. The van der Waals surface area contributed by atoms with Crippen molar-refractivity contribution in [3.63, 3.8) is 0 Å². The first-order valence-corrected chi connectivity index (χ1v) is 12.7. The third-order valence-electron chi connectivity index (χ3n) is 7.94. The lowest BCUT2D eigenvalue weighted by Crippen LogP contribution is -2.45. The molecule has 3 fully saturated rings. The molecule has 1 heterocycles. The van der Waals surface area contributed by atoms with E-state index in [0.29, 0.717) is 52.2 Å². The smallest absolute Gasteiger partial charge is 0.145 e. The molecule has 1 N–H and O–H groups in total. The van der Waals surface area contributed by atoms with E-state index in [1.165, 1.54) is 6.07 Å². The lowest BCUT2D eigenvalue weighted by Gasteiger charge is -2.43. The van der Waals surface area contributed by atoms with Crippen LogP contribution in [0.1, 0.15) is 61.3 Å². The second-order valence-electron chi connectivity index (χ2n) is 9.93. The second kappa shape index (κ2) is 8.63. The van der Waals surface area contributed by atoms with E-state index in [4.69, 9.17) is 32.5 Å². The molecule has 4 nitrogen and oxygen atoms in total. The van der Waals surface area contributed by atoms with Crippen molar-refractivity contribution >= 4 is 23.2 Å². The first-order valence-electron chi connectivity index (χ1n) is 12.0. The van der Waals surface area contributed by atoms with Crippen LogP contribution in [0.3, 0.4) is 0 Å². The summed E-state index contributed by atoms with van der Waals surface area (Å²) in [7, 11) is 0. The third-order valence-corrected chi connectivity index (χ3v) is 8.57. The number of nitrogens with zero attached hydrogens (tertiary/aromatic N) is 1. The van der Waals surface area contributed by atoms with E-state index in [1.54, 1.807) is 36.4 Å². The highest BCUT2D eigenvalue weighted by molar-refractivity contribution is 6.39. The van der Waals surface area contributed by atoms with E-state index < -0.39 is 5.60 Å². The second-order valence-corrected chi connectivity index (χ2v) is 10.7. The molecule has 3 aliphatic rings. The van der Waals surface area contributed by atoms with Gasteiger partial charge in [-0.25, -0.2) is 4.39 Å². The van der Waals surface area contributed by atoms with Crippen LogP contribution in [0.15, 0.2) is 47.0 Å². The van der Waals surface area contributed by atoms with Crippen LogP contribution in [-0.2, 0) is 16.9 Å². The van der Waals surface area contributed by atoms with Gasteiger partial charge in [-0.1, -0.05) is 52.6 Å². The lowest BCUT2D eigenvalue weighted by atomic mass is 9.69. The Balaban J connectivity index is 1.24. The number of aromatic nitrogens is 1. The Kier molecular flexibility index (Phi) is 5.72. The first-order chi connectivity index (χ1) is 16.5. The molecule has 3 aromatic rings. The highest BCUT2D eigenvalue weighted by Crippen LogP contribution is 2.56. The Bertz CT molecular complexity index is 1190. The van der Waals surface area contributed by atoms with Gasteiger partial charge in [-0.15, -0.1) is 0 Å². The van der Waals surface area contributed by atoms with Gasteiger partial charge in [0.25, 0.3) is 0 Å². The molecule has 6 rings (SSSR count). The van der Waals surface area contributed by atoms with Crippen molar-refractivity contribution in [2.75, 3.05) is 0 Å². The summed E-state index contributed by atoms with van der Waals surface area (Å²) in [6.07, 6.45) is 5.23. The summed E-state index contributed by atoms with van der Waals surface area (Å²) in [5.41, 5.74) is 1.50. The van der Waals surface area contributed by atoms with Crippen LogP contribution < -0.4 is 0 Å². The predicted molar refractivity (Wildman–Crippen MR) is 128 cm³/mol. The summed E-state index contributed by atoms with van der Waals surface area (Å²) in [5.74, 6) is 0.815. The number of halogens is 3. The summed E-state index contributed by atoms with van der Waals surface area (Å²) in [6, 6.07) is 12.0. The average Bonchev–Trinajstić information content (AvgIpc) is 3.56. The zero-order valence-electron chi connectivity index (χ0n) is 18.6. The maximum atomic E-state index is 14.6. The minimum absolute atomic E-state index is 0.0268. The van der Waals surface area contributed by atoms with Gasteiger partial charge in [0.2, 0.25) is 0 Å². The van der Waals surface area contributed by atoms with E-state index in [1.807, 2.05) is 0 Å². The molecule has 3 saturated carbocycles. The lowest BCUT2D eigenvalue weighted by molar-refractivity contribution is -0.117. The van der Waals surface area contributed by atoms with Crippen LogP contribution in [-0.4, -0.2) is 16.4 Å². The molecule has 2 unspecified atom stereocenters. The largest absolute Gasteiger partial charge is 0.384 e. The van der Waals surface area contributed by atoms with Crippen molar-refractivity contribution in [3.8, 4) is 11.3 Å². The van der Waals surface area contributed by atoms with Gasteiger partial charge in [-0.05, 0) is 68.6 Å². The topological polar surface area (TPSA) is 55.5 Å². The van der Waals surface area contributed by atoms with Crippen LogP contribution in [0.4, 0.5) is 4.39 Å². The summed E-state index contributed by atoms with van der Waals surface area (Å²) in [4.78, 5) is 0. The van der Waals surface area contributed by atoms with Crippen molar-refractivity contribution in [2.45, 2.75) is 62.8 Å². The van der Waals surface area contributed by atoms with E-state index in [0.717, 1.165) is 37.0 Å². The molecule has 0 aliphatic heterocycles. The number of hydrogen-bond acceptors (Lipinski definition) is 4. The van der Waals surface area contributed by atoms with Gasteiger partial charge in [0.1, 0.15) is 17.3 Å². The van der Waals surface area contributed by atoms with Gasteiger partial charge >= 0.3 is 0 Å². The Morgan fingerprint density at radius 1 is 1.00 bits per heavy atom. The molecule has 0 saturated heterocycles. The Labute approximate surface area is 208 Å². The number of benzene rings is 2. The van der Waals surface area contributed by atoms with Crippen LogP contribution in [0.25, 0.3) is 11.3 Å². The van der Waals surface area contributed by atoms with Crippen LogP contribution in [0.2, 0.25) is 10.0 Å². The number of hydrogen-bond donors (Lipinski definition) is 1. The molecule has 3 aliphatic carbocycles. The standard InChI is InChI=1S/C27H26Cl2FNO3/c28-21-5-3-6-22(29)24(21)25-19(26(34-31-25)15-8-9-15)14-33-18-12-16-10-11-17(13-18)27(16,32)20-4-1-2-7-23(20)30/h1-7,15-18,32H,8-14H2/t16-,17+,18?,27?. The number of ether oxygens (including phenoxy) is 1. The van der Waals surface area contributed by atoms with E-state index in [2.05, 4.69) is 5.16 Å². The normalized spacial score (nSPS) is 28.4. The van der Waals surface area contributed by atoms with Crippen molar-refractivity contribution in [1.82, 2.24) is 5.16 Å². The molecule has 0 spiro atoms. The molecule has 2 bridgehead atoms. The Morgan fingerprint density at radius 3 is 2.32 bits per heavy atom. The summed E-state index contributed by atoms with van der Waals surface area (Å²) in [5, 5.41) is 17.0. The van der Waals surface area contributed by atoms with Crippen LogP contribution in [0, 0.1) is 17.7 Å². The van der Waals surface area contributed by atoms with Gasteiger partial charge in [-0.3, -0.25) is 0 Å². The SMILES string of the molecule is OC1(c2ccccc2F)[C@@H]2CC[C@H]1CC(OCc1c(-c3c(Cl)cccc3Cl)noc1C1CC1)C2. The number of aliphatic hydroxyl groups is 1. The summed E-state index contributed by atoms with van der Waals surface area (Å²) < 4.78 is 26.8. The zero-order chi connectivity index (χ0) is 23.4. The van der Waals surface area contributed by atoms with Crippen LogP contribution in [0.5, 0.6) is 0 Å². The zero-order valence-corrected chi connectivity index (χ0v) is 20.2. The monoisotopic (exact) mass is 501 g/mol. The Hall–Kier alpha value is -1.92. The molecule has 1 aromatic heterocycles. The highest BCUT2D eigenvalue weighted by atomic mass is 35.5. The van der Waals surface area contributed by atoms with Crippen molar-refractivity contribution in [2.24, 2.45) is 11.8 Å². The van der Waals surface area contributed by atoms with Crippen molar-refractivity contribution in [3.05, 3.63) is 75.2 Å². The third kappa shape index (κ3) is 3.69. The molecule has 7 heteroatoms. The van der Waals surface area contributed by atoms with Crippen LogP contribution >= 0.6 is 23.2 Å². The molecule has 178 valence electrons. The van der Waals surface area contributed by atoms with Gasteiger partial charge in [0, 0.05) is 22.6 Å². The predicted octanol–water partition coefficient (Wildman–Crippen LogP) is 7.26. The minimum atomic E-state index is -1.13. The molecular formula is C27H26Cl2FNO3. The summed E-state index contributed by atoms with van der Waals surface area (Å²) >= 11 is 12.9. The van der Waals surface area contributed by atoms with Crippen molar-refractivity contribution < 1.29 is 18.8 Å². The van der Waals surface area contributed by atoms with E-state index >= 15 is 0 Å². The highest BCUT2D eigenvalue weighted by Gasteiger charge is 2.55. The quantitative estimate of drug-likeness (QED) is 0.386. The van der Waals surface area contributed by atoms with E-state index in [-0.39, 0.29) is 23.8 Å². The van der Waals surface area contributed by atoms with Gasteiger partial charge in [0.05, 0.1) is 28.4 Å². The maximum absolute atomic E-state index is 14.6. The fourth-order valence-corrected chi connectivity index (χ4v) is 6.69. The van der Waals surface area contributed by atoms with Crippen molar-refractivity contribution in [1.29, 1.82) is 0 Å². The molecule has 34 heavy (non-hydrogen) atoms. The van der Waals surface area contributed by atoms with Gasteiger partial charge in [0.15, 0.2) is 0 Å². The molecule has 2 aromatic carbocycles. The van der Waals surface area contributed by atoms with Gasteiger partial charge < -0.3 is 14.4 Å². The molecule has 0 radical (unpaired) electrons. The molecule has 4 atom stereocenters. The fraction of sp³-hybridized carbons (Fsp3) is 0.444. The number of fused-ring (bicyclic) bond motifs is 2.